The van der Waals surface area contributed by atoms with E-state index < -0.39 is 15.7 Å². The second kappa shape index (κ2) is 8.49. The van der Waals surface area contributed by atoms with Gasteiger partial charge < -0.3 is 4.74 Å². The Labute approximate surface area is 178 Å². The fraction of sp³-hybridized carbons (Fsp3) is 0.667. The average Bonchev–Trinajstić information content (AvgIpc) is 3.37. The summed E-state index contributed by atoms with van der Waals surface area (Å²) in [4.78, 5) is 1.13. The van der Waals surface area contributed by atoms with Gasteiger partial charge in [-0.15, -0.1) is 11.3 Å². The van der Waals surface area contributed by atoms with Crippen LogP contribution in [0.15, 0.2) is 28.6 Å². The zero-order valence-electron chi connectivity index (χ0n) is 18.3. The van der Waals surface area contributed by atoms with E-state index in [4.69, 9.17) is 4.74 Å². The SMILES string of the molecule is CCC1COC(C)(CCC(C)C)N1S(=O)(=O)c1cn(C(C)C)nc1-c1cccs1. The average molecular weight is 440 g/mol. The quantitative estimate of drug-likeness (QED) is 0.571. The largest absolute Gasteiger partial charge is 0.358 e. The summed E-state index contributed by atoms with van der Waals surface area (Å²) in [6.45, 7) is 12.7. The first-order chi connectivity index (χ1) is 13.6. The smallest absolute Gasteiger partial charge is 0.249 e. The van der Waals surface area contributed by atoms with Gasteiger partial charge >= 0.3 is 0 Å². The molecule has 2 aromatic heterocycles. The maximum atomic E-state index is 14.0. The second-order valence-electron chi connectivity index (χ2n) is 8.67. The number of rotatable bonds is 8. The van der Waals surface area contributed by atoms with Crippen molar-refractivity contribution in [2.75, 3.05) is 6.61 Å². The van der Waals surface area contributed by atoms with Crippen molar-refractivity contribution in [1.29, 1.82) is 0 Å². The third-order valence-electron chi connectivity index (χ3n) is 5.56. The Morgan fingerprint density at radius 1 is 1.34 bits per heavy atom. The first kappa shape index (κ1) is 22.5. The van der Waals surface area contributed by atoms with Crippen LogP contribution in [-0.4, -0.2) is 40.9 Å². The zero-order valence-corrected chi connectivity index (χ0v) is 19.9. The standard InChI is InChI=1S/C21H33N3O3S2/c1-7-17-14-27-21(6,11-10-15(2)3)24(17)29(25,26)19-13-23(16(4)5)22-20(19)18-9-8-12-28-18/h8-9,12-13,15-17H,7,10-11,14H2,1-6H3. The van der Waals surface area contributed by atoms with Gasteiger partial charge in [0.25, 0.3) is 0 Å². The number of aromatic nitrogens is 2. The van der Waals surface area contributed by atoms with E-state index in [-0.39, 0.29) is 17.0 Å². The minimum absolute atomic E-state index is 0.0711. The summed E-state index contributed by atoms with van der Waals surface area (Å²) < 4.78 is 37.5. The summed E-state index contributed by atoms with van der Waals surface area (Å²) in [6.07, 6.45) is 3.97. The molecular formula is C21H33N3O3S2. The van der Waals surface area contributed by atoms with Crippen LogP contribution in [0.2, 0.25) is 0 Å². The van der Waals surface area contributed by atoms with Gasteiger partial charge in [0, 0.05) is 12.2 Å². The molecule has 0 spiro atoms. The van der Waals surface area contributed by atoms with E-state index in [0.29, 0.717) is 31.1 Å². The Hall–Kier alpha value is -1.22. The van der Waals surface area contributed by atoms with Crippen molar-refractivity contribution >= 4 is 21.4 Å². The highest BCUT2D eigenvalue weighted by Gasteiger charge is 2.51. The molecule has 1 aliphatic heterocycles. The fourth-order valence-electron chi connectivity index (χ4n) is 3.78. The highest BCUT2D eigenvalue weighted by atomic mass is 32.2. The molecule has 0 aliphatic carbocycles. The van der Waals surface area contributed by atoms with Gasteiger partial charge in [-0.2, -0.15) is 9.40 Å². The Kier molecular flexibility index (Phi) is 6.58. The first-order valence-corrected chi connectivity index (χ1v) is 12.7. The van der Waals surface area contributed by atoms with Crippen LogP contribution in [0.1, 0.15) is 66.8 Å². The normalized spacial score (nSPS) is 23.5. The highest BCUT2D eigenvalue weighted by Crippen LogP contribution is 2.41. The van der Waals surface area contributed by atoms with E-state index in [0.717, 1.165) is 11.3 Å². The van der Waals surface area contributed by atoms with Gasteiger partial charge in [0.1, 0.15) is 16.3 Å². The minimum atomic E-state index is -3.79. The molecule has 2 atom stereocenters. The van der Waals surface area contributed by atoms with Crippen LogP contribution in [0.5, 0.6) is 0 Å². The molecule has 6 nitrogen and oxygen atoms in total. The Bertz CT molecular complexity index is 919. The number of ether oxygens (including phenoxy) is 1. The number of nitrogens with zero attached hydrogens (tertiary/aromatic N) is 3. The third kappa shape index (κ3) is 4.31. The molecule has 1 saturated heterocycles. The van der Waals surface area contributed by atoms with Crippen LogP contribution >= 0.6 is 11.3 Å². The molecule has 0 amide bonds. The van der Waals surface area contributed by atoms with Gasteiger partial charge in [-0.25, -0.2) is 8.42 Å². The fourth-order valence-corrected chi connectivity index (χ4v) is 6.68. The summed E-state index contributed by atoms with van der Waals surface area (Å²) in [5, 5.41) is 6.59. The van der Waals surface area contributed by atoms with E-state index in [1.807, 2.05) is 45.2 Å². The monoisotopic (exact) mass is 439 g/mol. The van der Waals surface area contributed by atoms with Crippen LogP contribution in [-0.2, 0) is 14.8 Å². The molecule has 29 heavy (non-hydrogen) atoms. The first-order valence-electron chi connectivity index (χ1n) is 10.4. The van der Waals surface area contributed by atoms with E-state index in [2.05, 4.69) is 18.9 Å². The molecule has 1 aliphatic rings. The highest BCUT2D eigenvalue weighted by molar-refractivity contribution is 7.89. The van der Waals surface area contributed by atoms with E-state index in [1.165, 1.54) is 11.3 Å². The van der Waals surface area contributed by atoms with Crippen LogP contribution in [0.3, 0.4) is 0 Å². The molecule has 8 heteroatoms. The predicted octanol–water partition coefficient (Wildman–Crippen LogP) is 5.14. The molecule has 2 aromatic rings. The van der Waals surface area contributed by atoms with Crippen LogP contribution in [0.4, 0.5) is 0 Å². The number of thiophene rings is 1. The van der Waals surface area contributed by atoms with Crippen LogP contribution < -0.4 is 0 Å². The van der Waals surface area contributed by atoms with Crippen LogP contribution in [0, 0.1) is 5.92 Å². The summed E-state index contributed by atoms with van der Waals surface area (Å²) in [7, 11) is -3.79. The summed E-state index contributed by atoms with van der Waals surface area (Å²) in [6, 6.07) is 3.75. The Balaban J connectivity index is 2.11. The van der Waals surface area contributed by atoms with Gasteiger partial charge in [-0.1, -0.05) is 26.8 Å². The van der Waals surface area contributed by atoms with E-state index in [9.17, 15) is 8.42 Å². The zero-order chi connectivity index (χ0) is 21.4. The van der Waals surface area contributed by atoms with Gasteiger partial charge in [0.2, 0.25) is 10.0 Å². The van der Waals surface area contributed by atoms with Gasteiger partial charge in [-0.05, 0) is 57.4 Å². The van der Waals surface area contributed by atoms with Gasteiger partial charge in [0.05, 0.1) is 17.5 Å². The molecule has 0 bridgehead atoms. The predicted molar refractivity (Wildman–Crippen MR) is 117 cm³/mol. The van der Waals surface area contributed by atoms with Crippen molar-refractivity contribution in [3.05, 3.63) is 23.7 Å². The summed E-state index contributed by atoms with van der Waals surface area (Å²) >= 11 is 1.50. The lowest BCUT2D eigenvalue weighted by Crippen LogP contribution is -2.49. The van der Waals surface area contributed by atoms with Crippen molar-refractivity contribution < 1.29 is 13.2 Å². The van der Waals surface area contributed by atoms with Crippen molar-refractivity contribution in [3.63, 3.8) is 0 Å². The van der Waals surface area contributed by atoms with E-state index >= 15 is 0 Å². The number of sulfonamides is 1. The molecular weight excluding hydrogens is 406 g/mol. The van der Waals surface area contributed by atoms with Gasteiger partial charge in [0.15, 0.2) is 0 Å². The number of hydrogen-bond donors (Lipinski definition) is 0. The Morgan fingerprint density at radius 3 is 2.62 bits per heavy atom. The maximum Gasteiger partial charge on any atom is 0.249 e. The van der Waals surface area contributed by atoms with Crippen LogP contribution in [0.25, 0.3) is 10.6 Å². The van der Waals surface area contributed by atoms with Crippen molar-refractivity contribution in [2.45, 2.75) is 83.5 Å². The number of hydrogen-bond acceptors (Lipinski definition) is 5. The van der Waals surface area contributed by atoms with E-state index in [1.54, 1.807) is 15.2 Å². The molecule has 3 rings (SSSR count). The van der Waals surface area contributed by atoms with Crippen molar-refractivity contribution in [1.82, 2.24) is 14.1 Å². The second-order valence-corrected chi connectivity index (χ2v) is 11.4. The lowest BCUT2D eigenvalue weighted by Gasteiger charge is -2.35. The summed E-state index contributed by atoms with van der Waals surface area (Å²) in [5.41, 5.74) is -0.308. The molecule has 0 N–H and O–H groups in total. The molecule has 3 heterocycles. The molecule has 162 valence electrons. The molecule has 2 unspecified atom stereocenters. The lowest BCUT2D eigenvalue weighted by molar-refractivity contribution is -0.0433. The minimum Gasteiger partial charge on any atom is -0.358 e. The lowest BCUT2D eigenvalue weighted by atomic mass is 10.0. The third-order valence-corrected chi connectivity index (χ3v) is 8.49. The summed E-state index contributed by atoms with van der Waals surface area (Å²) in [5.74, 6) is 0.478. The molecule has 0 saturated carbocycles. The molecule has 0 radical (unpaired) electrons. The van der Waals surface area contributed by atoms with Gasteiger partial charge in [-0.3, -0.25) is 4.68 Å². The van der Waals surface area contributed by atoms with Crippen molar-refractivity contribution in [3.8, 4) is 10.6 Å². The molecule has 1 fully saturated rings. The topological polar surface area (TPSA) is 64.4 Å². The molecule has 0 aromatic carbocycles. The maximum absolute atomic E-state index is 14.0. The Morgan fingerprint density at radius 2 is 2.07 bits per heavy atom. The van der Waals surface area contributed by atoms with Crippen molar-refractivity contribution in [2.24, 2.45) is 5.92 Å².